The Kier molecular flexibility index (Phi) is 7.44. The third kappa shape index (κ3) is 4.95. The molecule has 1 aliphatic carbocycles. The summed E-state index contributed by atoms with van der Waals surface area (Å²) in [5.74, 6) is 0. The molecular weight excluding hydrogens is 603 g/mol. The lowest BCUT2D eigenvalue weighted by Gasteiger charge is -2.34. The van der Waals surface area contributed by atoms with Gasteiger partial charge in [-0.05, 0) is 98.1 Å². The standard InChI is InChI=1S/C49H35N/c1-4-16-36(17-5-1)37-30-32-43(33-31-37)50(42-23-8-3-9-24-42)44-25-15-19-39(35-44)38-18-14-22-41(34-38)49(40-20-6-2-7-21-40)47-28-12-10-26-45(47)46-27-11-13-29-48(46)49/h1-35H. The summed E-state index contributed by atoms with van der Waals surface area (Å²) in [4.78, 5) is 2.34. The molecule has 8 aromatic rings. The van der Waals surface area contributed by atoms with Gasteiger partial charge in [0.1, 0.15) is 0 Å². The Bertz CT molecular complexity index is 2370. The molecule has 8 aromatic carbocycles. The highest BCUT2D eigenvalue weighted by molar-refractivity contribution is 5.87. The minimum atomic E-state index is -0.432. The Morgan fingerprint density at radius 2 is 0.720 bits per heavy atom. The molecule has 0 aromatic heterocycles. The molecule has 9 rings (SSSR count). The molecule has 236 valence electrons. The summed E-state index contributed by atoms with van der Waals surface area (Å²) in [7, 11) is 0. The molecule has 0 spiro atoms. The number of hydrogen-bond acceptors (Lipinski definition) is 1. The van der Waals surface area contributed by atoms with Gasteiger partial charge < -0.3 is 4.90 Å². The fraction of sp³-hybridized carbons (Fsp3) is 0.0204. The normalized spacial score (nSPS) is 12.6. The minimum Gasteiger partial charge on any atom is -0.310 e. The monoisotopic (exact) mass is 637 g/mol. The van der Waals surface area contributed by atoms with Gasteiger partial charge in [-0.2, -0.15) is 0 Å². The van der Waals surface area contributed by atoms with Gasteiger partial charge in [-0.15, -0.1) is 0 Å². The number of fused-ring (bicyclic) bond motifs is 3. The first kappa shape index (κ1) is 29.7. The first-order valence-corrected chi connectivity index (χ1v) is 17.3. The molecule has 50 heavy (non-hydrogen) atoms. The summed E-state index contributed by atoms with van der Waals surface area (Å²) in [6.07, 6.45) is 0. The van der Waals surface area contributed by atoms with Crippen LogP contribution in [-0.4, -0.2) is 0 Å². The Morgan fingerprint density at radius 3 is 1.38 bits per heavy atom. The zero-order chi connectivity index (χ0) is 33.3. The minimum absolute atomic E-state index is 0.432. The molecule has 0 heterocycles. The molecule has 1 heteroatoms. The molecule has 0 unspecified atom stereocenters. The molecular formula is C49H35N. The van der Waals surface area contributed by atoms with Crippen molar-refractivity contribution in [1.82, 2.24) is 0 Å². The van der Waals surface area contributed by atoms with Gasteiger partial charge in [-0.1, -0.05) is 170 Å². The van der Waals surface area contributed by atoms with Crippen molar-refractivity contribution in [2.75, 3.05) is 4.90 Å². The summed E-state index contributed by atoms with van der Waals surface area (Å²) in [6.45, 7) is 0. The van der Waals surface area contributed by atoms with Crippen molar-refractivity contribution in [2.45, 2.75) is 5.41 Å². The van der Waals surface area contributed by atoms with E-state index in [0.717, 1.165) is 17.1 Å². The van der Waals surface area contributed by atoms with Crippen molar-refractivity contribution >= 4 is 17.1 Å². The van der Waals surface area contributed by atoms with Crippen LogP contribution in [0.1, 0.15) is 22.3 Å². The molecule has 0 fully saturated rings. The van der Waals surface area contributed by atoms with Crippen molar-refractivity contribution in [3.05, 3.63) is 235 Å². The van der Waals surface area contributed by atoms with Crippen LogP contribution in [0.25, 0.3) is 33.4 Å². The number of anilines is 3. The van der Waals surface area contributed by atoms with Crippen LogP contribution < -0.4 is 4.90 Å². The number of rotatable bonds is 7. The smallest absolute Gasteiger partial charge is 0.0713 e. The van der Waals surface area contributed by atoms with Crippen LogP contribution in [0, 0.1) is 0 Å². The van der Waals surface area contributed by atoms with Gasteiger partial charge in [-0.25, -0.2) is 0 Å². The maximum atomic E-state index is 2.41. The highest BCUT2D eigenvalue weighted by Gasteiger charge is 2.45. The van der Waals surface area contributed by atoms with E-state index in [9.17, 15) is 0 Å². The SMILES string of the molecule is c1ccc(-c2ccc(N(c3ccccc3)c3cccc(-c4cccc(C5(c6ccccc6)c6ccccc6-c6ccccc65)c4)c3)cc2)cc1. The van der Waals surface area contributed by atoms with Crippen LogP contribution in [0.5, 0.6) is 0 Å². The number of benzene rings is 8. The van der Waals surface area contributed by atoms with Crippen molar-refractivity contribution in [1.29, 1.82) is 0 Å². The number of hydrogen-bond donors (Lipinski definition) is 0. The van der Waals surface area contributed by atoms with Gasteiger partial charge in [0.05, 0.1) is 5.41 Å². The van der Waals surface area contributed by atoms with Crippen molar-refractivity contribution in [2.24, 2.45) is 0 Å². The predicted octanol–water partition coefficient (Wildman–Crippen LogP) is 12.9. The molecule has 0 saturated heterocycles. The van der Waals surface area contributed by atoms with Gasteiger partial charge in [0, 0.05) is 17.1 Å². The van der Waals surface area contributed by atoms with Crippen LogP contribution in [-0.2, 0) is 5.41 Å². The number of para-hydroxylation sites is 1. The van der Waals surface area contributed by atoms with Crippen molar-refractivity contribution in [3.8, 4) is 33.4 Å². The van der Waals surface area contributed by atoms with E-state index in [1.165, 1.54) is 55.6 Å². The van der Waals surface area contributed by atoms with E-state index in [-0.39, 0.29) is 0 Å². The van der Waals surface area contributed by atoms with E-state index in [2.05, 4.69) is 217 Å². The lowest BCUT2D eigenvalue weighted by molar-refractivity contribution is 0.769. The largest absolute Gasteiger partial charge is 0.310 e. The molecule has 0 saturated carbocycles. The van der Waals surface area contributed by atoms with Crippen molar-refractivity contribution < 1.29 is 0 Å². The van der Waals surface area contributed by atoms with E-state index in [0.29, 0.717) is 0 Å². The molecule has 0 radical (unpaired) electrons. The Labute approximate surface area is 294 Å². The topological polar surface area (TPSA) is 3.24 Å². The molecule has 0 atom stereocenters. The summed E-state index contributed by atoms with van der Waals surface area (Å²) in [5.41, 5.74) is 15.5. The molecule has 0 amide bonds. The van der Waals surface area contributed by atoms with E-state index in [4.69, 9.17) is 0 Å². The molecule has 0 N–H and O–H groups in total. The Balaban J connectivity index is 1.18. The quantitative estimate of drug-likeness (QED) is 0.168. The fourth-order valence-corrected chi connectivity index (χ4v) is 7.93. The zero-order valence-corrected chi connectivity index (χ0v) is 27.7. The van der Waals surface area contributed by atoms with Gasteiger partial charge in [-0.3, -0.25) is 0 Å². The predicted molar refractivity (Wildman–Crippen MR) is 209 cm³/mol. The zero-order valence-electron chi connectivity index (χ0n) is 27.7. The average molecular weight is 638 g/mol. The van der Waals surface area contributed by atoms with Crippen LogP contribution >= 0.6 is 0 Å². The summed E-state index contributed by atoms with van der Waals surface area (Å²) >= 11 is 0. The highest BCUT2D eigenvalue weighted by Crippen LogP contribution is 2.56. The first-order valence-electron chi connectivity index (χ1n) is 17.3. The second-order valence-electron chi connectivity index (χ2n) is 12.9. The highest BCUT2D eigenvalue weighted by atomic mass is 15.1. The van der Waals surface area contributed by atoms with Crippen LogP contribution in [0.15, 0.2) is 212 Å². The third-order valence-corrected chi connectivity index (χ3v) is 10.1. The van der Waals surface area contributed by atoms with E-state index in [1.54, 1.807) is 0 Å². The lowest BCUT2D eigenvalue weighted by atomic mass is 9.67. The van der Waals surface area contributed by atoms with Gasteiger partial charge in [0.2, 0.25) is 0 Å². The molecule has 0 bridgehead atoms. The summed E-state index contributed by atoms with van der Waals surface area (Å²) < 4.78 is 0. The maximum absolute atomic E-state index is 2.41. The summed E-state index contributed by atoms with van der Waals surface area (Å²) in [5, 5.41) is 0. The lowest BCUT2D eigenvalue weighted by Crippen LogP contribution is -2.28. The van der Waals surface area contributed by atoms with Gasteiger partial charge in [0.25, 0.3) is 0 Å². The maximum Gasteiger partial charge on any atom is 0.0713 e. The van der Waals surface area contributed by atoms with E-state index < -0.39 is 5.41 Å². The second-order valence-corrected chi connectivity index (χ2v) is 12.9. The second kappa shape index (κ2) is 12.5. The van der Waals surface area contributed by atoms with Crippen molar-refractivity contribution in [3.63, 3.8) is 0 Å². The fourth-order valence-electron chi connectivity index (χ4n) is 7.93. The average Bonchev–Trinajstić information content (AvgIpc) is 3.51. The van der Waals surface area contributed by atoms with E-state index in [1.807, 2.05) is 0 Å². The summed E-state index contributed by atoms with van der Waals surface area (Å²) in [6, 6.07) is 77.1. The molecule has 0 aliphatic heterocycles. The van der Waals surface area contributed by atoms with E-state index >= 15 is 0 Å². The van der Waals surface area contributed by atoms with Gasteiger partial charge in [0.15, 0.2) is 0 Å². The van der Waals surface area contributed by atoms with Crippen LogP contribution in [0.4, 0.5) is 17.1 Å². The third-order valence-electron chi connectivity index (χ3n) is 10.1. The van der Waals surface area contributed by atoms with Crippen LogP contribution in [0.3, 0.4) is 0 Å². The molecule has 1 aliphatic rings. The number of nitrogens with zero attached hydrogens (tertiary/aromatic N) is 1. The Hall–Kier alpha value is -6.44. The van der Waals surface area contributed by atoms with Gasteiger partial charge >= 0.3 is 0 Å². The van der Waals surface area contributed by atoms with Crippen LogP contribution in [0.2, 0.25) is 0 Å². The first-order chi connectivity index (χ1) is 24.8. The Morgan fingerprint density at radius 1 is 0.280 bits per heavy atom. The molecule has 1 nitrogen and oxygen atoms in total.